The quantitative estimate of drug-likeness (QED) is 0.843. The number of carbonyl (C=O) groups is 1. The topological polar surface area (TPSA) is 49.3 Å². The van der Waals surface area contributed by atoms with Gasteiger partial charge >= 0.3 is 0 Å². The second-order valence-corrected chi connectivity index (χ2v) is 6.44. The van der Waals surface area contributed by atoms with Crippen LogP contribution < -0.4 is 5.32 Å². The van der Waals surface area contributed by atoms with Crippen LogP contribution in [-0.2, 0) is 4.79 Å². The maximum Gasteiger partial charge on any atom is 0.237 e. The highest BCUT2D eigenvalue weighted by molar-refractivity contribution is 8.00. The monoisotopic (exact) mass is 281 g/mol. The molecule has 0 bridgehead atoms. The van der Waals surface area contributed by atoms with Crippen molar-refractivity contribution in [2.24, 2.45) is 5.92 Å². The maximum absolute atomic E-state index is 12.1. The Hall–Kier alpha value is -1.00. The van der Waals surface area contributed by atoms with Crippen molar-refractivity contribution in [2.75, 3.05) is 17.7 Å². The number of amides is 1. The van der Waals surface area contributed by atoms with Crippen LogP contribution in [0, 0.1) is 19.8 Å². The van der Waals surface area contributed by atoms with Crippen LogP contribution in [0.3, 0.4) is 0 Å². The Bertz CT molecular complexity index is 434. The standard InChI is InChI=1S/C15H23NO2S/c1-10-5-6-14(12(3)7-10)16-15(18)13(4)19-9-11(2)8-17/h5-7,11,13,17H,8-9H2,1-4H3,(H,16,18). The van der Waals surface area contributed by atoms with Crippen LogP contribution in [0.25, 0.3) is 0 Å². The summed E-state index contributed by atoms with van der Waals surface area (Å²) in [6.45, 7) is 8.06. The summed E-state index contributed by atoms with van der Waals surface area (Å²) in [5.74, 6) is 1.03. The highest BCUT2D eigenvalue weighted by Crippen LogP contribution is 2.20. The van der Waals surface area contributed by atoms with Crippen LogP contribution in [0.5, 0.6) is 0 Å². The van der Waals surface area contributed by atoms with Crippen LogP contribution in [0.15, 0.2) is 18.2 Å². The fourth-order valence-corrected chi connectivity index (χ4v) is 2.56. The molecule has 0 aliphatic heterocycles. The lowest BCUT2D eigenvalue weighted by molar-refractivity contribution is -0.115. The van der Waals surface area contributed by atoms with Gasteiger partial charge in [0.2, 0.25) is 5.91 Å². The van der Waals surface area contributed by atoms with Crippen molar-refractivity contribution in [3.63, 3.8) is 0 Å². The van der Waals surface area contributed by atoms with E-state index in [0.717, 1.165) is 17.0 Å². The van der Waals surface area contributed by atoms with E-state index in [1.165, 1.54) is 5.56 Å². The molecule has 0 spiro atoms. The van der Waals surface area contributed by atoms with Gasteiger partial charge in [0, 0.05) is 12.3 Å². The van der Waals surface area contributed by atoms with Gasteiger partial charge in [-0.2, -0.15) is 0 Å². The molecule has 1 aromatic carbocycles. The molecule has 1 amide bonds. The third-order valence-electron chi connectivity index (χ3n) is 2.95. The number of aliphatic hydroxyl groups excluding tert-OH is 1. The first-order valence-corrected chi connectivity index (χ1v) is 7.59. The molecule has 3 nitrogen and oxygen atoms in total. The van der Waals surface area contributed by atoms with Crippen molar-refractivity contribution >= 4 is 23.4 Å². The Kier molecular flexibility index (Phi) is 6.38. The second kappa shape index (κ2) is 7.56. The zero-order chi connectivity index (χ0) is 14.4. The van der Waals surface area contributed by atoms with Gasteiger partial charge in [-0.3, -0.25) is 4.79 Å². The molecule has 19 heavy (non-hydrogen) atoms. The number of nitrogens with one attached hydrogen (secondary N) is 1. The van der Waals surface area contributed by atoms with Gasteiger partial charge in [0.15, 0.2) is 0 Å². The molecule has 2 N–H and O–H groups in total. The van der Waals surface area contributed by atoms with Crippen molar-refractivity contribution in [3.8, 4) is 0 Å². The molecule has 0 heterocycles. The SMILES string of the molecule is Cc1ccc(NC(=O)C(C)SCC(C)CO)c(C)c1. The minimum atomic E-state index is -0.116. The molecule has 1 aromatic rings. The van der Waals surface area contributed by atoms with E-state index >= 15 is 0 Å². The van der Waals surface area contributed by atoms with Crippen molar-refractivity contribution in [1.29, 1.82) is 0 Å². The number of carbonyl (C=O) groups excluding carboxylic acids is 1. The fourth-order valence-electron chi connectivity index (χ4n) is 1.63. The Morgan fingerprint density at radius 2 is 2.05 bits per heavy atom. The molecule has 2 atom stereocenters. The van der Waals surface area contributed by atoms with Crippen molar-refractivity contribution < 1.29 is 9.90 Å². The van der Waals surface area contributed by atoms with Crippen molar-refractivity contribution in [3.05, 3.63) is 29.3 Å². The van der Waals surface area contributed by atoms with Gasteiger partial charge in [-0.1, -0.05) is 24.6 Å². The first-order valence-electron chi connectivity index (χ1n) is 6.54. The number of anilines is 1. The zero-order valence-electron chi connectivity index (χ0n) is 12.1. The summed E-state index contributed by atoms with van der Waals surface area (Å²) in [4.78, 5) is 12.1. The lowest BCUT2D eigenvalue weighted by Gasteiger charge is -2.15. The van der Waals surface area contributed by atoms with Gasteiger partial charge in [-0.25, -0.2) is 0 Å². The van der Waals surface area contributed by atoms with E-state index in [1.807, 2.05) is 39.8 Å². The summed E-state index contributed by atoms with van der Waals surface area (Å²) >= 11 is 1.57. The molecule has 1 rings (SSSR count). The predicted octanol–water partition coefficient (Wildman–Crippen LogP) is 2.99. The zero-order valence-corrected chi connectivity index (χ0v) is 12.9. The third kappa shape index (κ3) is 5.25. The Labute approximate surface area is 119 Å². The number of aryl methyl sites for hydroxylation is 2. The van der Waals surface area contributed by atoms with Crippen molar-refractivity contribution in [2.45, 2.75) is 32.9 Å². The molecule has 0 saturated heterocycles. The highest BCUT2D eigenvalue weighted by Gasteiger charge is 2.15. The fraction of sp³-hybridized carbons (Fsp3) is 0.533. The van der Waals surface area contributed by atoms with E-state index in [1.54, 1.807) is 11.8 Å². The van der Waals surface area contributed by atoms with E-state index in [2.05, 4.69) is 11.4 Å². The molecule has 0 fully saturated rings. The van der Waals surface area contributed by atoms with Crippen molar-refractivity contribution in [1.82, 2.24) is 0 Å². The lowest BCUT2D eigenvalue weighted by Crippen LogP contribution is -2.24. The number of rotatable bonds is 6. The van der Waals surface area contributed by atoms with E-state index < -0.39 is 0 Å². The largest absolute Gasteiger partial charge is 0.396 e. The molecular weight excluding hydrogens is 258 g/mol. The van der Waals surface area contributed by atoms with E-state index in [4.69, 9.17) is 5.11 Å². The second-order valence-electron chi connectivity index (χ2n) is 5.07. The summed E-state index contributed by atoms with van der Waals surface area (Å²) in [5, 5.41) is 11.8. The highest BCUT2D eigenvalue weighted by atomic mass is 32.2. The minimum absolute atomic E-state index is 0.0158. The number of benzene rings is 1. The smallest absolute Gasteiger partial charge is 0.237 e. The van der Waals surface area contributed by atoms with E-state index in [0.29, 0.717) is 0 Å². The van der Waals surface area contributed by atoms with Crippen LogP contribution in [-0.4, -0.2) is 28.6 Å². The number of thioether (sulfide) groups is 1. The van der Waals surface area contributed by atoms with Gasteiger partial charge in [-0.15, -0.1) is 11.8 Å². The van der Waals surface area contributed by atoms with Crippen LogP contribution >= 0.6 is 11.8 Å². The first-order chi connectivity index (χ1) is 8.93. The Morgan fingerprint density at radius 3 is 2.63 bits per heavy atom. The maximum atomic E-state index is 12.1. The summed E-state index contributed by atoms with van der Waals surface area (Å²) in [6.07, 6.45) is 0. The number of aliphatic hydroxyl groups is 1. The summed E-state index contributed by atoms with van der Waals surface area (Å²) in [7, 11) is 0. The van der Waals surface area contributed by atoms with Gasteiger partial charge in [-0.05, 0) is 44.1 Å². The minimum Gasteiger partial charge on any atom is -0.396 e. The molecule has 0 radical (unpaired) electrons. The average molecular weight is 281 g/mol. The van der Waals surface area contributed by atoms with Crippen LogP contribution in [0.1, 0.15) is 25.0 Å². The molecule has 106 valence electrons. The molecule has 2 unspecified atom stereocenters. The summed E-state index contributed by atoms with van der Waals surface area (Å²) < 4.78 is 0. The normalized spacial score (nSPS) is 13.9. The predicted molar refractivity (Wildman–Crippen MR) is 82.7 cm³/mol. The first kappa shape index (κ1) is 16.1. The average Bonchev–Trinajstić information content (AvgIpc) is 2.38. The van der Waals surface area contributed by atoms with Crippen LogP contribution in [0.2, 0.25) is 0 Å². The van der Waals surface area contributed by atoms with Gasteiger partial charge < -0.3 is 10.4 Å². The lowest BCUT2D eigenvalue weighted by atomic mass is 10.1. The third-order valence-corrected chi connectivity index (χ3v) is 4.43. The Morgan fingerprint density at radius 1 is 1.37 bits per heavy atom. The van der Waals surface area contributed by atoms with Crippen LogP contribution in [0.4, 0.5) is 5.69 Å². The summed E-state index contributed by atoms with van der Waals surface area (Å²) in [6, 6.07) is 5.99. The van der Waals surface area contributed by atoms with Gasteiger partial charge in [0.1, 0.15) is 0 Å². The van der Waals surface area contributed by atoms with E-state index in [9.17, 15) is 4.79 Å². The molecule has 0 aliphatic rings. The number of hydrogen-bond donors (Lipinski definition) is 2. The number of hydrogen-bond acceptors (Lipinski definition) is 3. The summed E-state index contributed by atoms with van der Waals surface area (Å²) in [5.41, 5.74) is 3.14. The molecule has 4 heteroatoms. The van der Waals surface area contributed by atoms with E-state index in [-0.39, 0.29) is 23.7 Å². The molecular formula is C15H23NO2S. The van der Waals surface area contributed by atoms with Gasteiger partial charge in [0.05, 0.1) is 5.25 Å². The molecule has 0 saturated carbocycles. The molecule has 0 aliphatic carbocycles. The van der Waals surface area contributed by atoms with Gasteiger partial charge in [0.25, 0.3) is 0 Å². The molecule has 0 aromatic heterocycles. The Balaban J connectivity index is 2.54.